The van der Waals surface area contributed by atoms with E-state index in [1.807, 2.05) is 11.3 Å². The number of carboxylic acid groups (broad SMARTS) is 1. The van der Waals surface area contributed by atoms with Crippen LogP contribution in [-0.4, -0.2) is 53.1 Å². The minimum absolute atomic E-state index is 0.374. The lowest BCUT2D eigenvalue weighted by Gasteiger charge is -2.39. The van der Waals surface area contributed by atoms with Crippen LogP contribution >= 0.6 is 11.3 Å². The molecule has 4 nitrogen and oxygen atoms in total. The summed E-state index contributed by atoms with van der Waals surface area (Å²) in [7, 11) is 0. The maximum atomic E-state index is 11.0. The van der Waals surface area contributed by atoms with Gasteiger partial charge in [-0.05, 0) is 32.4 Å². The molecule has 1 saturated heterocycles. The van der Waals surface area contributed by atoms with Crippen LogP contribution in [0.5, 0.6) is 0 Å². The van der Waals surface area contributed by atoms with Crippen molar-refractivity contribution in [1.29, 1.82) is 0 Å². The number of thiophene rings is 1. The number of carbonyl (C=O) groups is 1. The lowest BCUT2D eigenvalue weighted by atomic mass is 10.1. The molecule has 1 aromatic rings. The molecule has 1 aliphatic rings. The Morgan fingerprint density at radius 2 is 1.85 bits per heavy atom. The van der Waals surface area contributed by atoms with Crippen LogP contribution < -0.4 is 0 Å². The van der Waals surface area contributed by atoms with E-state index in [2.05, 4.69) is 35.8 Å². The molecule has 20 heavy (non-hydrogen) atoms. The molecule has 0 radical (unpaired) electrons. The second kappa shape index (κ2) is 6.70. The molecule has 0 amide bonds. The quantitative estimate of drug-likeness (QED) is 0.906. The van der Waals surface area contributed by atoms with Gasteiger partial charge in [0.15, 0.2) is 0 Å². The van der Waals surface area contributed by atoms with Gasteiger partial charge in [0.1, 0.15) is 6.04 Å². The van der Waals surface area contributed by atoms with Crippen molar-refractivity contribution in [3.05, 3.63) is 21.9 Å². The summed E-state index contributed by atoms with van der Waals surface area (Å²) in [5, 5.41) is 9.06. The highest BCUT2D eigenvalue weighted by molar-refractivity contribution is 7.12. The fourth-order valence-corrected chi connectivity index (χ4v) is 3.70. The van der Waals surface area contributed by atoms with E-state index < -0.39 is 5.97 Å². The Balaban J connectivity index is 1.91. The van der Waals surface area contributed by atoms with Crippen molar-refractivity contribution in [1.82, 2.24) is 9.80 Å². The topological polar surface area (TPSA) is 43.8 Å². The van der Waals surface area contributed by atoms with E-state index in [1.54, 1.807) is 6.92 Å². The second-order valence-corrected chi connectivity index (χ2v) is 6.62. The van der Waals surface area contributed by atoms with E-state index in [0.717, 1.165) is 32.6 Å². The van der Waals surface area contributed by atoms with Crippen molar-refractivity contribution in [2.24, 2.45) is 0 Å². The molecule has 0 saturated carbocycles. The smallest absolute Gasteiger partial charge is 0.320 e. The summed E-state index contributed by atoms with van der Waals surface area (Å²) in [6.07, 6.45) is 1.10. The molecule has 1 aromatic heterocycles. The van der Waals surface area contributed by atoms with Crippen LogP contribution in [0.4, 0.5) is 0 Å². The number of nitrogens with zero attached hydrogens (tertiary/aromatic N) is 2. The second-order valence-electron chi connectivity index (χ2n) is 5.42. The molecule has 1 fully saturated rings. The molecule has 0 bridgehead atoms. The molecule has 2 rings (SSSR count). The molecular weight excluding hydrogens is 272 g/mol. The summed E-state index contributed by atoms with van der Waals surface area (Å²) in [6.45, 7) is 9.77. The third kappa shape index (κ3) is 3.40. The lowest BCUT2D eigenvalue weighted by molar-refractivity contribution is -0.143. The van der Waals surface area contributed by atoms with Crippen LogP contribution in [0, 0.1) is 0 Å². The van der Waals surface area contributed by atoms with E-state index >= 15 is 0 Å². The Morgan fingerprint density at radius 3 is 2.35 bits per heavy atom. The van der Waals surface area contributed by atoms with E-state index in [0.29, 0.717) is 6.04 Å². The average Bonchev–Trinajstić information content (AvgIpc) is 2.94. The minimum Gasteiger partial charge on any atom is -0.480 e. The van der Waals surface area contributed by atoms with Crippen molar-refractivity contribution in [3.63, 3.8) is 0 Å². The van der Waals surface area contributed by atoms with Gasteiger partial charge < -0.3 is 5.11 Å². The molecule has 0 spiro atoms. The van der Waals surface area contributed by atoms with Gasteiger partial charge in [-0.25, -0.2) is 0 Å². The summed E-state index contributed by atoms with van der Waals surface area (Å²) in [5.74, 6) is -0.725. The van der Waals surface area contributed by atoms with Gasteiger partial charge in [0.2, 0.25) is 0 Å². The Hall–Kier alpha value is -0.910. The number of carboxylic acids is 1. The van der Waals surface area contributed by atoms with Crippen LogP contribution in [0.1, 0.15) is 36.6 Å². The Labute approximate surface area is 125 Å². The fraction of sp³-hybridized carbons (Fsp3) is 0.667. The Morgan fingerprint density at radius 1 is 1.25 bits per heavy atom. The van der Waals surface area contributed by atoms with Gasteiger partial charge in [0.25, 0.3) is 0 Å². The van der Waals surface area contributed by atoms with E-state index in [1.165, 1.54) is 9.75 Å². The average molecular weight is 296 g/mol. The molecule has 112 valence electrons. The van der Waals surface area contributed by atoms with Crippen molar-refractivity contribution in [2.45, 2.75) is 39.3 Å². The number of aliphatic carboxylic acids is 1. The Kier molecular flexibility index (Phi) is 5.18. The number of piperazine rings is 1. The highest BCUT2D eigenvalue weighted by Crippen LogP contribution is 2.28. The molecule has 0 aromatic carbocycles. The summed E-state index contributed by atoms with van der Waals surface area (Å²) >= 11 is 1.90. The first-order valence-corrected chi connectivity index (χ1v) is 8.14. The van der Waals surface area contributed by atoms with Gasteiger partial charge >= 0.3 is 5.97 Å². The molecule has 2 atom stereocenters. The van der Waals surface area contributed by atoms with E-state index in [9.17, 15) is 4.79 Å². The van der Waals surface area contributed by atoms with Crippen molar-refractivity contribution in [2.75, 3.05) is 26.2 Å². The monoisotopic (exact) mass is 296 g/mol. The van der Waals surface area contributed by atoms with Crippen LogP contribution in [0.25, 0.3) is 0 Å². The highest BCUT2D eigenvalue weighted by Gasteiger charge is 2.27. The zero-order valence-electron chi connectivity index (χ0n) is 12.5. The predicted molar refractivity (Wildman–Crippen MR) is 82.4 cm³/mol. The van der Waals surface area contributed by atoms with Crippen molar-refractivity contribution in [3.8, 4) is 0 Å². The predicted octanol–water partition coefficient (Wildman–Crippen LogP) is 2.46. The SMILES string of the molecule is CCc1ccc(C(C)N2CCN(C(C)C(=O)O)CC2)s1. The van der Waals surface area contributed by atoms with E-state index in [4.69, 9.17) is 5.11 Å². The van der Waals surface area contributed by atoms with Gasteiger partial charge in [-0.2, -0.15) is 0 Å². The first-order chi connectivity index (χ1) is 9.52. The normalized spacial score (nSPS) is 20.8. The first kappa shape index (κ1) is 15.5. The van der Waals surface area contributed by atoms with Gasteiger partial charge in [0.05, 0.1) is 0 Å². The van der Waals surface area contributed by atoms with Gasteiger partial charge in [-0.1, -0.05) is 6.92 Å². The third-order valence-electron chi connectivity index (χ3n) is 4.24. The van der Waals surface area contributed by atoms with Gasteiger partial charge in [-0.3, -0.25) is 14.6 Å². The maximum absolute atomic E-state index is 11.0. The number of rotatable bonds is 5. The molecule has 0 aliphatic carbocycles. The number of aryl methyl sites for hydroxylation is 1. The lowest BCUT2D eigenvalue weighted by Crippen LogP contribution is -2.52. The summed E-state index contributed by atoms with van der Waals surface area (Å²) in [4.78, 5) is 18.4. The first-order valence-electron chi connectivity index (χ1n) is 7.32. The van der Waals surface area contributed by atoms with Gasteiger partial charge in [-0.15, -0.1) is 11.3 Å². The Bertz CT molecular complexity index is 452. The molecule has 2 heterocycles. The standard InChI is InChI=1S/C15H24N2O2S/c1-4-13-5-6-14(20-13)11(2)16-7-9-17(10-8-16)12(3)15(18)19/h5-6,11-12H,4,7-10H2,1-3H3,(H,18,19). The fourth-order valence-electron chi connectivity index (χ4n) is 2.66. The number of hydrogen-bond donors (Lipinski definition) is 1. The number of hydrogen-bond acceptors (Lipinski definition) is 4. The maximum Gasteiger partial charge on any atom is 0.320 e. The highest BCUT2D eigenvalue weighted by atomic mass is 32.1. The largest absolute Gasteiger partial charge is 0.480 e. The summed E-state index contributed by atoms with van der Waals surface area (Å²) in [6, 6.07) is 4.52. The zero-order valence-corrected chi connectivity index (χ0v) is 13.3. The summed E-state index contributed by atoms with van der Waals surface area (Å²) < 4.78 is 0. The third-order valence-corrected chi connectivity index (χ3v) is 5.64. The zero-order chi connectivity index (χ0) is 14.7. The van der Waals surface area contributed by atoms with Crippen LogP contribution in [0.15, 0.2) is 12.1 Å². The van der Waals surface area contributed by atoms with Crippen molar-refractivity contribution < 1.29 is 9.90 Å². The van der Waals surface area contributed by atoms with E-state index in [-0.39, 0.29) is 6.04 Å². The van der Waals surface area contributed by atoms with Crippen molar-refractivity contribution >= 4 is 17.3 Å². The summed E-state index contributed by atoms with van der Waals surface area (Å²) in [5.41, 5.74) is 0. The molecule has 5 heteroatoms. The minimum atomic E-state index is -0.725. The van der Waals surface area contributed by atoms with Crippen LogP contribution in [-0.2, 0) is 11.2 Å². The molecule has 1 N–H and O–H groups in total. The molecule has 2 unspecified atom stereocenters. The van der Waals surface area contributed by atoms with Crippen LogP contribution in [0.2, 0.25) is 0 Å². The molecule has 1 aliphatic heterocycles. The van der Waals surface area contributed by atoms with Crippen LogP contribution in [0.3, 0.4) is 0 Å². The molecular formula is C15H24N2O2S. The van der Waals surface area contributed by atoms with Gasteiger partial charge in [0, 0.05) is 42.0 Å².